The average molecular weight is 720 g/mol. The highest BCUT2D eigenvalue weighted by Crippen LogP contribution is 2.54. The van der Waals surface area contributed by atoms with E-state index in [4.69, 9.17) is 0 Å². The molecular weight excluding hydrogens is 675 g/mol. The third-order valence-electron chi connectivity index (χ3n) is 12.3. The molecule has 0 unspecified atom stereocenters. The fraction of sp³-hybridized carbons (Fsp3) is 0.127. The molecular formula is C55H45N. The molecule has 0 N–H and O–H groups in total. The first-order valence-electron chi connectivity index (χ1n) is 20.1. The van der Waals surface area contributed by atoms with E-state index >= 15 is 0 Å². The van der Waals surface area contributed by atoms with Gasteiger partial charge in [-0.2, -0.15) is 0 Å². The Morgan fingerprint density at radius 2 is 0.893 bits per heavy atom. The summed E-state index contributed by atoms with van der Waals surface area (Å²) in [6.07, 6.45) is 4.76. The van der Waals surface area contributed by atoms with Gasteiger partial charge in [0, 0.05) is 22.4 Å². The van der Waals surface area contributed by atoms with Crippen LogP contribution in [0.1, 0.15) is 48.9 Å². The molecule has 1 heteroatoms. The Morgan fingerprint density at radius 1 is 0.375 bits per heavy atom. The SMILES string of the molecule is CC1(C)c2ccccc2-c2cc(-c3cccc4c3CCCC4)c(N(c3ccc(-c4ccccc4)cc3)c3ccc(-c4ccccc4-c4ccccc4)cc3)cc21. The molecule has 2 aliphatic carbocycles. The lowest BCUT2D eigenvalue weighted by atomic mass is 9.80. The van der Waals surface area contributed by atoms with Gasteiger partial charge in [-0.15, -0.1) is 0 Å². The molecule has 0 atom stereocenters. The smallest absolute Gasteiger partial charge is 0.0543 e. The van der Waals surface area contributed by atoms with Crippen molar-refractivity contribution in [2.45, 2.75) is 44.9 Å². The summed E-state index contributed by atoms with van der Waals surface area (Å²) in [4.78, 5) is 2.51. The van der Waals surface area contributed by atoms with Crippen LogP contribution in [0.2, 0.25) is 0 Å². The minimum atomic E-state index is -0.136. The molecule has 0 spiro atoms. The summed E-state index contributed by atoms with van der Waals surface area (Å²) in [6, 6.07) is 69.7. The molecule has 8 aromatic carbocycles. The van der Waals surface area contributed by atoms with Crippen molar-refractivity contribution in [2.75, 3.05) is 4.90 Å². The Kier molecular flexibility index (Phi) is 8.52. The zero-order valence-electron chi connectivity index (χ0n) is 32.2. The van der Waals surface area contributed by atoms with E-state index in [1.165, 1.54) is 96.4 Å². The molecule has 0 saturated heterocycles. The molecule has 0 aromatic heterocycles. The van der Waals surface area contributed by atoms with E-state index in [0.29, 0.717) is 0 Å². The van der Waals surface area contributed by atoms with Gasteiger partial charge >= 0.3 is 0 Å². The van der Waals surface area contributed by atoms with Crippen molar-refractivity contribution in [3.63, 3.8) is 0 Å². The Balaban J connectivity index is 1.19. The Labute approximate surface area is 331 Å². The minimum absolute atomic E-state index is 0.136. The number of aryl methyl sites for hydroxylation is 1. The normalized spacial score (nSPS) is 13.8. The van der Waals surface area contributed by atoms with Gasteiger partial charge in [0.2, 0.25) is 0 Å². The quantitative estimate of drug-likeness (QED) is 0.159. The summed E-state index contributed by atoms with van der Waals surface area (Å²) in [5.41, 5.74) is 21.8. The largest absolute Gasteiger partial charge is 0.310 e. The van der Waals surface area contributed by atoms with E-state index in [1.807, 2.05) is 0 Å². The van der Waals surface area contributed by atoms with Crippen molar-refractivity contribution in [3.05, 3.63) is 210 Å². The number of hydrogen-bond acceptors (Lipinski definition) is 1. The van der Waals surface area contributed by atoms with Crippen LogP contribution in [-0.4, -0.2) is 0 Å². The van der Waals surface area contributed by atoms with Crippen molar-refractivity contribution < 1.29 is 0 Å². The summed E-state index contributed by atoms with van der Waals surface area (Å²) >= 11 is 0. The van der Waals surface area contributed by atoms with Crippen molar-refractivity contribution in [1.82, 2.24) is 0 Å². The highest BCUT2D eigenvalue weighted by atomic mass is 15.1. The number of rotatable bonds is 7. The standard InChI is InChI=1S/C55H45N/c1-55(2)52-27-14-13-25-49(52)50-36-51(48-26-15-21-41-20-9-10-24-47(41)48)54(37-53(50)55)56(43-32-28-39(29-33-43)38-16-5-3-6-17-38)44-34-30-42(31-35-44)46-23-12-11-22-45(46)40-18-7-4-8-19-40/h3-8,11-19,21-23,25-37H,9-10,20,24H2,1-2H3. The summed E-state index contributed by atoms with van der Waals surface area (Å²) in [6.45, 7) is 4.78. The van der Waals surface area contributed by atoms with Crippen LogP contribution in [0.4, 0.5) is 17.1 Å². The van der Waals surface area contributed by atoms with Crippen molar-refractivity contribution in [2.24, 2.45) is 0 Å². The fourth-order valence-electron chi connectivity index (χ4n) is 9.43. The van der Waals surface area contributed by atoms with E-state index in [1.54, 1.807) is 0 Å². The van der Waals surface area contributed by atoms with Crippen LogP contribution >= 0.6 is 0 Å². The zero-order chi connectivity index (χ0) is 37.6. The second kappa shape index (κ2) is 14.0. The highest BCUT2D eigenvalue weighted by molar-refractivity contribution is 5.96. The van der Waals surface area contributed by atoms with Gasteiger partial charge < -0.3 is 4.90 Å². The van der Waals surface area contributed by atoms with Crippen LogP contribution < -0.4 is 4.90 Å². The van der Waals surface area contributed by atoms with Gasteiger partial charge in [0.1, 0.15) is 0 Å². The number of anilines is 3. The predicted molar refractivity (Wildman–Crippen MR) is 237 cm³/mol. The third kappa shape index (κ3) is 5.87. The average Bonchev–Trinajstić information content (AvgIpc) is 3.49. The summed E-state index contributed by atoms with van der Waals surface area (Å²) in [5.74, 6) is 0. The van der Waals surface area contributed by atoms with Gasteiger partial charge in [0.15, 0.2) is 0 Å². The molecule has 56 heavy (non-hydrogen) atoms. The molecule has 10 rings (SSSR count). The molecule has 0 amide bonds. The molecule has 2 aliphatic rings. The van der Waals surface area contributed by atoms with Crippen molar-refractivity contribution >= 4 is 17.1 Å². The maximum Gasteiger partial charge on any atom is 0.0543 e. The molecule has 270 valence electrons. The molecule has 0 saturated carbocycles. The minimum Gasteiger partial charge on any atom is -0.310 e. The van der Waals surface area contributed by atoms with Crippen molar-refractivity contribution in [3.8, 4) is 55.6 Å². The van der Waals surface area contributed by atoms with Gasteiger partial charge in [-0.1, -0.05) is 166 Å². The van der Waals surface area contributed by atoms with E-state index in [-0.39, 0.29) is 5.41 Å². The first-order valence-corrected chi connectivity index (χ1v) is 20.1. The van der Waals surface area contributed by atoms with E-state index < -0.39 is 0 Å². The highest BCUT2D eigenvalue weighted by Gasteiger charge is 2.37. The summed E-state index contributed by atoms with van der Waals surface area (Å²) in [5, 5.41) is 0. The lowest BCUT2D eigenvalue weighted by Gasteiger charge is -2.31. The van der Waals surface area contributed by atoms with Crippen LogP contribution in [0.5, 0.6) is 0 Å². The number of fused-ring (bicyclic) bond motifs is 4. The first-order chi connectivity index (χ1) is 27.5. The Bertz CT molecular complexity index is 2690. The summed E-state index contributed by atoms with van der Waals surface area (Å²) < 4.78 is 0. The van der Waals surface area contributed by atoms with Gasteiger partial charge in [0.05, 0.1) is 5.69 Å². The first kappa shape index (κ1) is 34.1. The lowest BCUT2D eigenvalue weighted by molar-refractivity contribution is 0.660. The molecule has 0 fully saturated rings. The molecule has 1 nitrogen and oxygen atoms in total. The number of benzene rings is 8. The second-order valence-electron chi connectivity index (χ2n) is 15.9. The zero-order valence-corrected chi connectivity index (χ0v) is 32.2. The molecule has 0 heterocycles. The van der Waals surface area contributed by atoms with E-state index in [2.05, 4.69) is 207 Å². The maximum absolute atomic E-state index is 2.53. The van der Waals surface area contributed by atoms with E-state index in [9.17, 15) is 0 Å². The molecule has 0 radical (unpaired) electrons. The molecule has 0 aliphatic heterocycles. The lowest BCUT2D eigenvalue weighted by Crippen LogP contribution is -2.17. The van der Waals surface area contributed by atoms with Crippen LogP contribution in [0, 0.1) is 0 Å². The monoisotopic (exact) mass is 719 g/mol. The van der Waals surface area contributed by atoms with E-state index in [0.717, 1.165) is 24.2 Å². The van der Waals surface area contributed by atoms with Crippen LogP contribution in [0.3, 0.4) is 0 Å². The van der Waals surface area contributed by atoms with Crippen LogP contribution in [0.15, 0.2) is 188 Å². The number of nitrogens with zero attached hydrogens (tertiary/aromatic N) is 1. The number of hydrogen-bond donors (Lipinski definition) is 0. The second-order valence-corrected chi connectivity index (χ2v) is 15.9. The van der Waals surface area contributed by atoms with Crippen LogP contribution in [0.25, 0.3) is 55.6 Å². The maximum atomic E-state index is 2.53. The van der Waals surface area contributed by atoms with Gasteiger partial charge in [-0.05, 0) is 134 Å². The Hall–Kier alpha value is -6.44. The third-order valence-corrected chi connectivity index (χ3v) is 12.3. The van der Waals surface area contributed by atoms with Gasteiger partial charge in [-0.25, -0.2) is 0 Å². The molecule has 8 aromatic rings. The van der Waals surface area contributed by atoms with Crippen molar-refractivity contribution in [1.29, 1.82) is 0 Å². The van der Waals surface area contributed by atoms with Crippen LogP contribution in [-0.2, 0) is 18.3 Å². The Morgan fingerprint density at radius 3 is 1.57 bits per heavy atom. The van der Waals surface area contributed by atoms with Gasteiger partial charge in [-0.3, -0.25) is 0 Å². The predicted octanol–water partition coefficient (Wildman–Crippen LogP) is 15.0. The summed E-state index contributed by atoms with van der Waals surface area (Å²) in [7, 11) is 0. The fourth-order valence-corrected chi connectivity index (χ4v) is 9.43. The topological polar surface area (TPSA) is 3.24 Å². The van der Waals surface area contributed by atoms with Gasteiger partial charge in [0.25, 0.3) is 0 Å². The molecule has 0 bridgehead atoms.